The van der Waals surface area contributed by atoms with Crippen LogP contribution in [-0.2, 0) is 9.59 Å². The summed E-state index contributed by atoms with van der Waals surface area (Å²) >= 11 is 0. The van der Waals surface area contributed by atoms with E-state index in [-0.39, 0.29) is 11.8 Å². The van der Waals surface area contributed by atoms with E-state index >= 15 is 0 Å². The van der Waals surface area contributed by atoms with Crippen molar-refractivity contribution in [2.75, 3.05) is 24.6 Å². The van der Waals surface area contributed by atoms with Gasteiger partial charge in [0.05, 0.1) is 0 Å². The maximum Gasteiger partial charge on any atom is 0.248 e. The summed E-state index contributed by atoms with van der Waals surface area (Å²) in [4.78, 5) is 22.5. The fraction of sp³-hybridized carbons (Fsp3) is 0.833. The van der Waals surface area contributed by atoms with E-state index in [1.807, 2.05) is 0 Å². The Morgan fingerprint density at radius 2 is 1.25 bits per heavy atom. The van der Waals surface area contributed by atoms with Crippen LogP contribution in [0.15, 0.2) is 0 Å². The van der Waals surface area contributed by atoms with Crippen LogP contribution in [0.3, 0.4) is 0 Å². The van der Waals surface area contributed by atoms with Gasteiger partial charge in [-0.2, -0.15) is 0 Å². The van der Waals surface area contributed by atoms with Crippen molar-refractivity contribution in [2.24, 2.45) is 0 Å². The lowest BCUT2D eigenvalue weighted by molar-refractivity contribution is -0.129. The second-order valence-electron chi connectivity index (χ2n) is 4.07. The topological polar surface area (TPSA) is 98.7 Å². The monoisotopic (exact) mass is 324 g/mol. The first-order chi connectivity index (χ1) is 9.52. The minimum absolute atomic E-state index is 0.334. The third-order valence-corrected chi connectivity index (χ3v) is 4.84. The molecule has 118 valence electrons. The molecule has 8 heteroatoms. The van der Waals surface area contributed by atoms with Gasteiger partial charge < -0.3 is 20.8 Å². The van der Waals surface area contributed by atoms with Crippen LogP contribution in [0.2, 0.25) is 0 Å². The molecular weight excluding hydrogens is 300 g/mol. The van der Waals surface area contributed by atoms with Gasteiger partial charge in [-0.25, -0.2) is 0 Å². The zero-order chi connectivity index (χ0) is 15.4. The highest BCUT2D eigenvalue weighted by atomic mass is 33.1. The molecule has 4 N–H and O–H groups in total. The van der Waals surface area contributed by atoms with Crippen LogP contribution in [0, 0.1) is 0 Å². The average molecular weight is 324 g/mol. The maximum absolute atomic E-state index is 11.2. The number of nitrogens with one attached hydrogen (secondary N) is 2. The minimum Gasteiger partial charge on any atom is -0.383 e. The lowest BCUT2D eigenvalue weighted by Crippen LogP contribution is -2.35. The number of carbonyl (C=O) groups is 2. The van der Waals surface area contributed by atoms with Crippen molar-refractivity contribution >= 4 is 33.4 Å². The SMILES string of the molecule is CCC(O)C(=O)NCCSSCCNC(=O)C(O)CC. The van der Waals surface area contributed by atoms with Crippen molar-refractivity contribution < 1.29 is 19.8 Å². The van der Waals surface area contributed by atoms with Crippen LogP contribution in [0.25, 0.3) is 0 Å². The van der Waals surface area contributed by atoms with Crippen molar-refractivity contribution in [3.8, 4) is 0 Å². The Hall–Kier alpha value is -0.440. The Bertz CT molecular complexity index is 265. The lowest BCUT2D eigenvalue weighted by atomic mass is 10.2. The van der Waals surface area contributed by atoms with E-state index in [1.165, 1.54) is 0 Å². The molecule has 0 saturated heterocycles. The molecule has 2 atom stereocenters. The van der Waals surface area contributed by atoms with Crippen LogP contribution in [0.5, 0.6) is 0 Å². The number of hydrogen-bond acceptors (Lipinski definition) is 6. The summed E-state index contributed by atoms with van der Waals surface area (Å²) in [5, 5.41) is 23.7. The molecule has 0 aliphatic heterocycles. The summed E-state index contributed by atoms with van der Waals surface area (Å²) in [5.41, 5.74) is 0. The van der Waals surface area contributed by atoms with Crippen LogP contribution in [0.4, 0.5) is 0 Å². The number of aliphatic hydroxyl groups excluding tert-OH is 2. The first-order valence-electron chi connectivity index (χ1n) is 6.68. The van der Waals surface area contributed by atoms with E-state index in [0.717, 1.165) is 11.5 Å². The second kappa shape index (κ2) is 12.3. The molecule has 6 nitrogen and oxygen atoms in total. The van der Waals surface area contributed by atoms with E-state index in [1.54, 1.807) is 35.4 Å². The number of rotatable bonds is 11. The van der Waals surface area contributed by atoms with E-state index < -0.39 is 12.2 Å². The van der Waals surface area contributed by atoms with Crippen molar-refractivity contribution in [2.45, 2.75) is 38.9 Å². The average Bonchev–Trinajstić information content (AvgIpc) is 2.47. The molecule has 2 amide bonds. The second-order valence-corrected chi connectivity index (χ2v) is 6.78. The minimum atomic E-state index is -0.923. The van der Waals surface area contributed by atoms with E-state index in [9.17, 15) is 19.8 Å². The molecule has 0 rings (SSSR count). The molecule has 20 heavy (non-hydrogen) atoms. The molecular formula is C12H24N2O4S2. The van der Waals surface area contributed by atoms with Gasteiger partial charge in [0.25, 0.3) is 0 Å². The Morgan fingerprint density at radius 3 is 1.55 bits per heavy atom. The third-order valence-electron chi connectivity index (χ3n) is 2.43. The molecule has 0 radical (unpaired) electrons. The summed E-state index contributed by atoms with van der Waals surface area (Å²) < 4.78 is 0. The molecule has 0 fully saturated rings. The van der Waals surface area contributed by atoms with Gasteiger partial charge in [-0.1, -0.05) is 35.4 Å². The zero-order valence-corrected chi connectivity index (χ0v) is 13.6. The molecule has 2 unspecified atom stereocenters. The zero-order valence-electron chi connectivity index (χ0n) is 11.9. The van der Waals surface area contributed by atoms with Gasteiger partial charge in [-0.15, -0.1) is 0 Å². The van der Waals surface area contributed by atoms with E-state index in [2.05, 4.69) is 10.6 Å². The molecule has 0 aliphatic rings. The maximum atomic E-state index is 11.2. The Labute approximate surface area is 127 Å². The molecule has 0 aromatic carbocycles. The lowest BCUT2D eigenvalue weighted by Gasteiger charge is -2.09. The molecule has 0 aromatic heterocycles. The van der Waals surface area contributed by atoms with Gasteiger partial charge in [0, 0.05) is 24.6 Å². The Balaban J connectivity index is 3.37. The number of hydrogen-bond donors (Lipinski definition) is 4. The predicted molar refractivity (Wildman–Crippen MR) is 83.5 cm³/mol. The van der Waals surface area contributed by atoms with Crippen molar-refractivity contribution in [1.82, 2.24) is 10.6 Å². The van der Waals surface area contributed by atoms with E-state index in [4.69, 9.17) is 0 Å². The molecule has 0 aromatic rings. The standard InChI is InChI=1S/C12H24N2O4S2/c1-3-9(15)11(17)13-5-7-19-20-8-6-14-12(18)10(16)4-2/h9-10,15-16H,3-8H2,1-2H3,(H,13,17)(H,14,18). The molecule has 0 heterocycles. The molecule has 0 saturated carbocycles. The third kappa shape index (κ3) is 9.46. The van der Waals surface area contributed by atoms with Gasteiger partial charge >= 0.3 is 0 Å². The van der Waals surface area contributed by atoms with E-state index in [0.29, 0.717) is 25.9 Å². The van der Waals surface area contributed by atoms with Crippen LogP contribution in [-0.4, -0.2) is 58.8 Å². The fourth-order valence-electron chi connectivity index (χ4n) is 1.16. The summed E-state index contributed by atoms with van der Waals surface area (Å²) in [5.74, 6) is 0.800. The van der Waals surface area contributed by atoms with Crippen molar-refractivity contribution in [3.05, 3.63) is 0 Å². The number of amides is 2. The highest BCUT2D eigenvalue weighted by Gasteiger charge is 2.11. The van der Waals surface area contributed by atoms with Crippen molar-refractivity contribution in [1.29, 1.82) is 0 Å². The molecule has 0 aliphatic carbocycles. The van der Waals surface area contributed by atoms with Crippen LogP contribution in [0.1, 0.15) is 26.7 Å². The van der Waals surface area contributed by atoms with Crippen LogP contribution >= 0.6 is 21.6 Å². The smallest absolute Gasteiger partial charge is 0.248 e. The molecule has 0 spiro atoms. The number of aliphatic hydroxyl groups is 2. The first-order valence-corrected chi connectivity index (χ1v) is 9.17. The summed E-state index contributed by atoms with van der Waals surface area (Å²) in [6.45, 7) is 4.51. The Morgan fingerprint density at radius 1 is 0.900 bits per heavy atom. The summed E-state index contributed by atoms with van der Waals surface area (Å²) in [6, 6.07) is 0. The van der Waals surface area contributed by atoms with Gasteiger partial charge in [0.15, 0.2) is 0 Å². The van der Waals surface area contributed by atoms with Gasteiger partial charge in [0.1, 0.15) is 12.2 Å². The quantitative estimate of drug-likeness (QED) is 0.319. The van der Waals surface area contributed by atoms with Crippen molar-refractivity contribution in [3.63, 3.8) is 0 Å². The first kappa shape index (κ1) is 19.6. The summed E-state index contributed by atoms with van der Waals surface area (Å²) in [7, 11) is 3.17. The largest absolute Gasteiger partial charge is 0.383 e. The fourth-order valence-corrected chi connectivity index (χ4v) is 2.97. The summed E-state index contributed by atoms with van der Waals surface area (Å²) in [6.07, 6.45) is -1.02. The number of carbonyl (C=O) groups excluding carboxylic acids is 2. The predicted octanol–water partition coefficient (Wildman–Crippen LogP) is 0.142. The molecule has 0 bridgehead atoms. The van der Waals surface area contributed by atoms with Gasteiger partial charge in [0.2, 0.25) is 11.8 Å². The van der Waals surface area contributed by atoms with Gasteiger partial charge in [-0.05, 0) is 12.8 Å². The van der Waals surface area contributed by atoms with Gasteiger partial charge in [-0.3, -0.25) is 9.59 Å². The highest BCUT2D eigenvalue weighted by molar-refractivity contribution is 8.76. The Kier molecular flexibility index (Phi) is 12.0. The normalized spacial score (nSPS) is 13.6. The highest BCUT2D eigenvalue weighted by Crippen LogP contribution is 2.19. The van der Waals surface area contributed by atoms with Crippen LogP contribution < -0.4 is 10.6 Å².